The second kappa shape index (κ2) is 12.4. The van der Waals surface area contributed by atoms with Crippen LogP contribution in [-0.2, 0) is 11.8 Å². The Morgan fingerprint density at radius 3 is 2.62 bits per heavy atom. The highest BCUT2D eigenvalue weighted by Gasteiger charge is 2.25. The van der Waals surface area contributed by atoms with Crippen LogP contribution in [0, 0.1) is 0 Å². The van der Waals surface area contributed by atoms with Crippen molar-refractivity contribution in [2.75, 3.05) is 70.9 Å². The molecule has 9 heteroatoms. The van der Waals surface area contributed by atoms with Crippen LogP contribution in [0.2, 0.25) is 0 Å². The Morgan fingerprint density at radius 1 is 1.16 bits per heavy atom. The number of hydrogen-bond acceptors (Lipinski definition) is 5. The van der Waals surface area contributed by atoms with E-state index in [0.29, 0.717) is 6.61 Å². The molecular weight excluding hydrogens is 517 g/mol. The van der Waals surface area contributed by atoms with Crippen LogP contribution in [0.4, 0.5) is 5.69 Å². The molecule has 3 heterocycles. The second-order valence-corrected chi connectivity index (χ2v) is 8.24. The Kier molecular flexibility index (Phi) is 9.61. The molecule has 0 bridgehead atoms. The van der Waals surface area contributed by atoms with E-state index in [-0.39, 0.29) is 30.1 Å². The van der Waals surface area contributed by atoms with E-state index in [0.717, 1.165) is 70.3 Å². The fourth-order valence-electron chi connectivity index (χ4n) is 4.35. The SMILES string of the molecule is CN=C(NCCCN1CCN(c2ccccc2)CC1)N1CCOC(c2cnn(C)c2)C1.I. The summed E-state index contributed by atoms with van der Waals surface area (Å²) in [7, 11) is 3.80. The van der Waals surface area contributed by atoms with E-state index in [2.05, 4.69) is 60.4 Å². The van der Waals surface area contributed by atoms with Gasteiger partial charge in [-0.05, 0) is 25.1 Å². The van der Waals surface area contributed by atoms with Gasteiger partial charge in [0.05, 0.1) is 19.3 Å². The molecule has 176 valence electrons. The summed E-state index contributed by atoms with van der Waals surface area (Å²) >= 11 is 0. The van der Waals surface area contributed by atoms with Gasteiger partial charge < -0.3 is 19.9 Å². The van der Waals surface area contributed by atoms with E-state index >= 15 is 0 Å². The van der Waals surface area contributed by atoms with Gasteiger partial charge in [-0.3, -0.25) is 14.6 Å². The van der Waals surface area contributed by atoms with E-state index in [1.807, 2.05) is 31.2 Å². The van der Waals surface area contributed by atoms with Crippen LogP contribution in [-0.4, -0.2) is 91.6 Å². The Balaban J connectivity index is 0.00000289. The standard InChI is InChI=1S/C23H35N7O.HI/c1-24-23(30-15-16-31-22(19-30)20-17-26-27(2)18-20)25-9-6-10-28-11-13-29(14-12-28)21-7-4-3-5-8-21;/h3-5,7-8,17-18,22H,6,9-16,19H2,1-2H3,(H,24,25);1H. The van der Waals surface area contributed by atoms with Gasteiger partial charge in [-0.1, -0.05) is 18.2 Å². The predicted octanol–water partition coefficient (Wildman–Crippen LogP) is 2.20. The molecule has 4 rings (SSSR count). The third-order valence-corrected chi connectivity index (χ3v) is 6.10. The molecule has 2 fully saturated rings. The molecule has 2 aliphatic rings. The van der Waals surface area contributed by atoms with Crippen LogP contribution >= 0.6 is 24.0 Å². The predicted molar refractivity (Wildman–Crippen MR) is 140 cm³/mol. The molecular formula is C23H36IN7O. The first-order valence-corrected chi connectivity index (χ1v) is 11.3. The Morgan fingerprint density at radius 2 is 1.94 bits per heavy atom. The molecule has 1 atom stereocenters. The lowest BCUT2D eigenvalue weighted by atomic mass is 10.1. The number of aryl methyl sites for hydroxylation is 1. The van der Waals surface area contributed by atoms with Crippen molar-refractivity contribution in [3.05, 3.63) is 48.3 Å². The summed E-state index contributed by atoms with van der Waals surface area (Å²) in [5.41, 5.74) is 2.46. The van der Waals surface area contributed by atoms with Crippen LogP contribution in [0.1, 0.15) is 18.1 Å². The number of aliphatic imine (C=N–C) groups is 1. The van der Waals surface area contributed by atoms with Gasteiger partial charge >= 0.3 is 0 Å². The van der Waals surface area contributed by atoms with Crippen molar-refractivity contribution in [2.45, 2.75) is 12.5 Å². The first-order valence-electron chi connectivity index (χ1n) is 11.3. The summed E-state index contributed by atoms with van der Waals surface area (Å²) in [5, 5.41) is 7.83. The normalized spacial score (nSPS) is 20.2. The Labute approximate surface area is 208 Å². The lowest BCUT2D eigenvalue weighted by Crippen LogP contribution is -2.49. The Bertz CT molecular complexity index is 836. The van der Waals surface area contributed by atoms with Gasteiger partial charge in [0, 0.05) is 70.8 Å². The molecule has 2 saturated heterocycles. The summed E-state index contributed by atoms with van der Waals surface area (Å²) in [6.45, 7) is 8.86. The molecule has 2 aliphatic heterocycles. The molecule has 1 N–H and O–H groups in total. The highest BCUT2D eigenvalue weighted by molar-refractivity contribution is 14.0. The average molecular weight is 553 g/mol. The van der Waals surface area contributed by atoms with E-state index in [4.69, 9.17) is 4.74 Å². The summed E-state index contributed by atoms with van der Waals surface area (Å²) in [6.07, 6.45) is 5.08. The lowest BCUT2D eigenvalue weighted by molar-refractivity contribution is -0.00802. The molecule has 32 heavy (non-hydrogen) atoms. The zero-order valence-electron chi connectivity index (χ0n) is 19.2. The molecule has 1 aromatic heterocycles. The number of nitrogens with one attached hydrogen (secondary N) is 1. The van der Waals surface area contributed by atoms with Gasteiger partial charge in [-0.15, -0.1) is 24.0 Å². The van der Waals surface area contributed by atoms with Gasteiger partial charge in [0.25, 0.3) is 0 Å². The number of morpholine rings is 1. The minimum Gasteiger partial charge on any atom is -0.370 e. The van der Waals surface area contributed by atoms with Gasteiger partial charge in [0.15, 0.2) is 5.96 Å². The first-order chi connectivity index (χ1) is 15.2. The summed E-state index contributed by atoms with van der Waals surface area (Å²) < 4.78 is 7.78. The smallest absolute Gasteiger partial charge is 0.193 e. The molecule has 0 aliphatic carbocycles. The van der Waals surface area contributed by atoms with Crippen molar-refractivity contribution in [1.29, 1.82) is 0 Å². The fraction of sp³-hybridized carbons (Fsp3) is 0.565. The van der Waals surface area contributed by atoms with Gasteiger partial charge in [0.2, 0.25) is 0 Å². The lowest BCUT2D eigenvalue weighted by Gasteiger charge is -2.36. The number of benzene rings is 1. The van der Waals surface area contributed by atoms with E-state index in [1.54, 1.807) is 0 Å². The van der Waals surface area contributed by atoms with Gasteiger partial charge in [-0.2, -0.15) is 5.10 Å². The van der Waals surface area contributed by atoms with Crippen LogP contribution < -0.4 is 10.2 Å². The van der Waals surface area contributed by atoms with Crippen LogP contribution in [0.5, 0.6) is 0 Å². The molecule has 1 unspecified atom stereocenters. The number of aromatic nitrogens is 2. The number of halogens is 1. The summed E-state index contributed by atoms with van der Waals surface area (Å²) in [6, 6.07) is 10.7. The number of para-hydroxylation sites is 1. The average Bonchev–Trinajstić information content (AvgIpc) is 3.26. The van der Waals surface area contributed by atoms with E-state index in [1.165, 1.54) is 5.69 Å². The highest BCUT2D eigenvalue weighted by atomic mass is 127. The molecule has 2 aromatic rings. The molecule has 0 saturated carbocycles. The summed E-state index contributed by atoms with van der Waals surface area (Å²) in [4.78, 5) is 11.8. The molecule has 1 aromatic carbocycles. The van der Waals surface area contributed by atoms with Crippen LogP contribution in [0.3, 0.4) is 0 Å². The summed E-state index contributed by atoms with van der Waals surface area (Å²) in [5.74, 6) is 0.964. The Hall–Kier alpha value is -1.85. The number of piperazine rings is 1. The number of anilines is 1. The van der Waals surface area contributed by atoms with Crippen molar-refractivity contribution in [3.8, 4) is 0 Å². The van der Waals surface area contributed by atoms with Gasteiger partial charge in [-0.25, -0.2) is 0 Å². The fourth-order valence-corrected chi connectivity index (χ4v) is 4.35. The van der Waals surface area contributed by atoms with Crippen molar-refractivity contribution in [1.82, 2.24) is 24.9 Å². The molecule has 0 spiro atoms. The van der Waals surface area contributed by atoms with E-state index < -0.39 is 0 Å². The number of rotatable bonds is 6. The third-order valence-electron chi connectivity index (χ3n) is 6.10. The topological polar surface area (TPSA) is 61.2 Å². The maximum absolute atomic E-state index is 5.96. The zero-order chi connectivity index (χ0) is 21.5. The number of guanidine groups is 1. The maximum Gasteiger partial charge on any atom is 0.193 e. The van der Waals surface area contributed by atoms with Crippen molar-refractivity contribution in [3.63, 3.8) is 0 Å². The largest absolute Gasteiger partial charge is 0.370 e. The number of hydrogen-bond donors (Lipinski definition) is 1. The molecule has 0 radical (unpaired) electrons. The zero-order valence-corrected chi connectivity index (χ0v) is 21.5. The number of nitrogens with zero attached hydrogens (tertiary/aromatic N) is 6. The monoisotopic (exact) mass is 553 g/mol. The molecule has 0 amide bonds. The van der Waals surface area contributed by atoms with Crippen LogP contribution in [0.15, 0.2) is 47.7 Å². The molecule has 8 nitrogen and oxygen atoms in total. The van der Waals surface area contributed by atoms with Crippen molar-refractivity contribution < 1.29 is 4.74 Å². The van der Waals surface area contributed by atoms with Crippen LogP contribution in [0.25, 0.3) is 0 Å². The van der Waals surface area contributed by atoms with E-state index in [9.17, 15) is 0 Å². The second-order valence-electron chi connectivity index (χ2n) is 8.24. The highest BCUT2D eigenvalue weighted by Crippen LogP contribution is 2.21. The van der Waals surface area contributed by atoms with Crippen molar-refractivity contribution in [2.24, 2.45) is 12.0 Å². The third kappa shape index (κ3) is 6.58. The quantitative estimate of drug-likeness (QED) is 0.256. The van der Waals surface area contributed by atoms with Crippen molar-refractivity contribution >= 4 is 35.6 Å². The minimum absolute atomic E-state index is 0. The maximum atomic E-state index is 5.96. The number of ether oxygens (including phenoxy) is 1. The first kappa shape index (κ1) is 24.8. The van der Waals surface area contributed by atoms with Gasteiger partial charge in [0.1, 0.15) is 6.10 Å². The minimum atomic E-state index is 0.